The zero-order valence-corrected chi connectivity index (χ0v) is 10.9. The van der Waals surface area contributed by atoms with E-state index in [0.29, 0.717) is 12.3 Å². The maximum Gasteiger partial charge on any atom is 0.107 e. The van der Waals surface area contributed by atoms with Crippen LogP contribution in [0, 0.1) is 11.8 Å². The van der Waals surface area contributed by atoms with E-state index < -0.39 is 6.10 Å². The van der Waals surface area contributed by atoms with Gasteiger partial charge in [-0.1, -0.05) is 18.9 Å². The summed E-state index contributed by atoms with van der Waals surface area (Å²) in [5.41, 5.74) is 1.43. The molecule has 0 aromatic heterocycles. The summed E-state index contributed by atoms with van der Waals surface area (Å²) < 4.78 is 5.84. The fourth-order valence-corrected chi connectivity index (χ4v) is 4.09. The Labute approximate surface area is 109 Å². The predicted octanol–water partition coefficient (Wildman–Crippen LogP) is 2.02. The Morgan fingerprint density at radius 2 is 2.06 bits per heavy atom. The standard InChI is InChI=1S/C15H24O3/c16-9-15-13(17)8-14(18-15)12-7-3-5-10-4-1-2-6-11(10)12/h7,10-11,13-17H,1-6,8-9H2/t10?,11?,13?,14-,15-/m1/s1. The van der Waals surface area contributed by atoms with Crippen LogP contribution >= 0.6 is 0 Å². The lowest BCUT2D eigenvalue weighted by atomic mass is 9.68. The van der Waals surface area contributed by atoms with Crippen LogP contribution in [0.3, 0.4) is 0 Å². The molecule has 1 heterocycles. The van der Waals surface area contributed by atoms with Gasteiger partial charge in [-0.15, -0.1) is 0 Å². The lowest BCUT2D eigenvalue weighted by Crippen LogP contribution is -2.30. The molecule has 2 N–H and O–H groups in total. The smallest absolute Gasteiger partial charge is 0.107 e. The van der Waals surface area contributed by atoms with E-state index in [2.05, 4.69) is 6.08 Å². The van der Waals surface area contributed by atoms with Crippen LogP contribution in [0.2, 0.25) is 0 Å². The van der Waals surface area contributed by atoms with Gasteiger partial charge < -0.3 is 14.9 Å². The van der Waals surface area contributed by atoms with Crippen molar-refractivity contribution in [3.8, 4) is 0 Å². The summed E-state index contributed by atoms with van der Waals surface area (Å²) in [6.45, 7) is -0.0704. The molecule has 102 valence electrons. The molecule has 3 aliphatic rings. The largest absolute Gasteiger partial charge is 0.394 e. The molecule has 2 fully saturated rings. The second kappa shape index (κ2) is 5.32. The van der Waals surface area contributed by atoms with Crippen molar-refractivity contribution >= 4 is 0 Å². The first kappa shape index (κ1) is 12.6. The minimum atomic E-state index is -0.495. The maximum absolute atomic E-state index is 9.87. The summed E-state index contributed by atoms with van der Waals surface area (Å²) in [6, 6.07) is 0. The third-order valence-electron chi connectivity index (χ3n) is 5.03. The first-order valence-electron chi connectivity index (χ1n) is 7.44. The van der Waals surface area contributed by atoms with Gasteiger partial charge in [-0.3, -0.25) is 0 Å². The molecule has 3 heteroatoms. The Morgan fingerprint density at radius 1 is 1.22 bits per heavy atom. The van der Waals surface area contributed by atoms with Crippen LogP contribution in [0.5, 0.6) is 0 Å². The molecular weight excluding hydrogens is 228 g/mol. The zero-order valence-electron chi connectivity index (χ0n) is 10.9. The quantitative estimate of drug-likeness (QED) is 0.739. The fourth-order valence-electron chi connectivity index (χ4n) is 4.09. The van der Waals surface area contributed by atoms with Crippen LogP contribution in [0.4, 0.5) is 0 Å². The lowest BCUT2D eigenvalue weighted by Gasteiger charge is -2.38. The Morgan fingerprint density at radius 3 is 2.83 bits per heavy atom. The highest BCUT2D eigenvalue weighted by atomic mass is 16.5. The highest BCUT2D eigenvalue weighted by Gasteiger charge is 2.40. The van der Waals surface area contributed by atoms with Crippen LogP contribution in [-0.2, 0) is 4.74 Å². The molecule has 18 heavy (non-hydrogen) atoms. The molecule has 0 aromatic carbocycles. The molecule has 0 amide bonds. The summed E-state index contributed by atoms with van der Waals surface area (Å²) in [5, 5.41) is 19.1. The van der Waals surface area contributed by atoms with Crippen LogP contribution in [0.1, 0.15) is 44.9 Å². The third kappa shape index (κ3) is 2.24. The molecule has 1 saturated carbocycles. The van der Waals surface area contributed by atoms with Crippen molar-refractivity contribution in [1.29, 1.82) is 0 Å². The van der Waals surface area contributed by atoms with E-state index in [1.54, 1.807) is 0 Å². The van der Waals surface area contributed by atoms with Gasteiger partial charge in [-0.2, -0.15) is 0 Å². The first-order valence-corrected chi connectivity index (χ1v) is 7.44. The normalized spacial score (nSPS) is 44.6. The SMILES string of the molecule is OC[C@H]1O[C@@H](C2=CCCC3CCCCC23)CC1O. The van der Waals surface area contributed by atoms with Crippen molar-refractivity contribution in [1.82, 2.24) is 0 Å². The van der Waals surface area contributed by atoms with Crippen LogP contribution in [0.15, 0.2) is 11.6 Å². The monoisotopic (exact) mass is 252 g/mol. The Bertz CT molecular complexity index is 326. The minimum absolute atomic E-state index is 0.0584. The summed E-state index contributed by atoms with van der Waals surface area (Å²) >= 11 is 0. The third-order valence-corrected chi connectivity index (χ3v) is 5.03. The fraction of sp³-hybridized carbons (Fsp3) is 0.867. The van der Waals surface area contributed by atoms with Crippen molar-refractivity contribution in [3.63, 3.8) is 0 Å². The molecule has 3 nitrogen and oxygen atoms in total. The van der Waals surface area contributed by atoms with Crippen LogP contribution < -0.4 is 0 Å². The Kier molecular flexibility index (Phi) is 3.73. The van der Waals surface area contributed by atoms with Crippen molar-refractivity contribution in [2.45, 2.75) is 63.3 Å². The summed E-state index contributed by atoms with van der Waals surface area (Å²) in [7, 11) is 0. The molecular formula is C15H24O3. The van der Waals surface area contributed by atoms with E-state index in [0.717, 1.165) is 12.3 Å². The van der Waals surface area contributed by atoms with Crippen LogP contribution in [-0.4, -0.2) is 35.1 Å². The van der Waals surface area contributed by atoms with E-state index in [1.807, 2.05) is 0 Å². The van der Waals surface area contributed by atoms with Gasteiger partial charge in [0.15, 0.2) is 0 Å². The average molecular weight is 252 g/mol. The van der Waals surface area contributed by atoms with Gasteiger partial charge in [0, 0.05) is 6.42 Å². The number of ether oxygens (including phenoxy) is 1. The highest BCUT2D eigenvalue weighted by Crippen LogP contribution is 2.44. The average Bonchev–Trinajstić information content (AvgIpc) is 2.79. The highest BCUT2D eigenvalue weighted by molar-refractivity contribution is 5.19. The van der Waals surface area contributed by atoms with E-state index in [-0.39, 0.29) is 18.8 Å². The minimum Gasteiger partial charge on any atom is -0.394 e. The molecule has 0 spiro atoms. The van der Waals surface area contributed by atoms with Gasteiger partial charge in [0.05, 0.1) is 18.8 Å². The molecule has 5 atom stereocenters. The predicted molar refractivity (Wildman–Crippen MR) is 69.1 cm³/mol. The topological polar surface area (TPSA) is 49.7 Å². The number of rotatable bonds is 2. The number of aliphatic hydroxyl groups excluding tert-OH is 2. The molecule has 3 unspecified atom stereocenters. The van der Waals surface area contributed by atoms with Crippen molar-refractivity contribution in [2.75, 3.05) is 6.61 Å². The maximum atomic E-state index is 9.87. The summed E-state index contributed by atoms with van der Waals surface area (Å²) in [6.07, 6.45) is 10.1. The summed E-state index contributed by atoms with van der Waals surface area (Å²) in [4.78, 5) is 0. The molecule has 1 saturated heterocycles. The molecule has 1 aliphatic heterocycles. The number of hydrogen-bond donors (Lipinski definition) is 2. The van der Waals surface area contributed by atoms with Gasteiger partial charge in [0.1, 0.15) is 6.10 Å². The Hall–Kier alpha value is -0.380. The first-order chi connectivity index (χ1) is 8.79. The number of fused-ring (bicyclic) bond motifs is 1. The molecule has 0 radical (unpaired) electrons. The number of aliphatic hydroxyl groups is 2. The summed E-state index contributed by atoms with van der Waals surface area (Å²) in [5.74, 6) is 1.52. The second-order valence-corrected chi connectivity index (χ2v) is 6.08. The second-order valence-electron chi connectivity index (χ2n) is 6.08. The van der Waals surface area contributed by atoms with E-state index >= 15 is 0 Å². The van der Waals surface area contributed by atoms with Gasteiger partial charge in [0.2, 0.25) is 0 Å². The van der Waals surface area contributed by atoms with Gasteiger partial charge in [-0.05, 0) is 43.1 Å². The van der Waals surface area contributed by atoms with E-state index in [4.69, 9.17) is 4.74 Å². The Balaban J connectivity index is 1.73. The van der Waals surface area contributed by atoms with Gasteiger partial charge in [0.25, 0.3) is 0 Å². The van der Waals surface area contributed by atoms with Gasteiger partial charge in [-0.25, -0.2) is 0 Å². The van der Waals surface area contributed by atoms with Crippen molar-refractivity contribution < 1.29 is 14.9 Å². The number of allylic oxidation sites excluding steroid dienone is 1. The van der Waals surface area contributed by atoms with E-state index in [9.17, 15) is 10.2 Å². The molecule has 2 aliphatic carbocycles. The zero-order chi connectivity index (χ0) is 12.5. The lowest BCUT2D eigenvalue weighted by molar-refractivity contribution is -0.0173. The molecule has 0 aromatic rings. The van der Waals surface area contributed by atoms with Crippen molar-refractivity contribution in [2.24, 2.45) is 11.8 Å². The van der Waals surface area contributed by atoms with Crippen LogP contribution in [0.25, 0.3) is 0 Å². The molecule has 0 bridgehead atoms. The number of hydrogen-bond acceptors (Lipinski definition) is 3. The van der Waals surface area contributed by atoms with E-state index in [1.165, 1.54) is 37.7 Å². The molecule has 3 rings (SSSR count). The van der Waals surface area contributed by atoms with Gasteiger partial charge >= 0.3 is 0 Å². The van der Waals surface area contributed by atoms with Crippen molar-refractivity contribution in [3.05, 3.63) is 11.6 Å².